The van der Waals surface area contributed by atoms with Gasteiger partial charge in [-0.2, -0.15) is 5.26 Å². The van der Waals surface area contributed by atoms with Gasteiger partial charge in [0, 0.05) is 5.02 Å². The van der Waals surface area contributed by atoms with Crippen molar-refractivity contribution in [3.05, 3.63) is 40.4 Å². The predicted molar refractivity (Wildman–Crippen MR) is 58.8 cm³/mol. The molecule has 0 saturated heterocycles. The number of benzene rings is 1. The number of nitrogens with zero attached hydrogens (tertiary/aromatic N) is 1. The molecule has 0 aromatic heterocycles. The average Bonchev–Trinajstić information content (AvgIpc) is 2.27. The van der Waals surface area contributed by atoms with Crippen LogP contribution in [0.1, 0.15) is 5.56 Å². The van der Waals surface area contributed by atoms with Gasteiger partial charge < -0.3 is 5.41 Å². The molecule has 1 aromatic carbocycles. The van der Waals surface area contributed by atoms with Crippen LogP contribution in [0, 0.1) is 16.7 Å². The molecule has 74 valence electrons. The highest BCUT2D eigenvalue weighted by atomic mass is 35.5. The fourth-order valence-electron chi connectivity index (χ4n) is 0.984. The molecule has 0 atom stereocenters. The van der Waals surface area contributed by atoms with Crippen LogP contribution in [0.25, 0.3) is 6.08 Å². The van der Waals surface area contributed by atoms with Crippen LogP contribution in [0.5, 0.6) is 0 Å². The van der Waals surface area contributed by atoms with Crippen LogP contribution in [0.15, 0.2) is 29.8 Å². The number of carbonyl (C=O) groups is 1. The molecule has 1 aromatic rings. The van der Waals surface area contributed by atoms with Gasteiger partial charge in [-0.3, -0.25) is 4.79 Å². The molecule has 0 fully saturated rings. The molecule has 0 bridgehead atoms. The number of nitrogens with one attached hydrogen (secondary N) is 1. The van der Waals surface area contributed by atoms with E-state index in [1.54, 1.807) is 30.3 Å². The second kappa shape index (κ2) is 5.08. The van der Waals surface area contributed by atoms with E-state index in [9.17, 15) is 4.79 Å². The number of rotatable bonds is 3. The van der Waals surface area contributed by atoms with E-state index < -0.39 is 5.78 Å². The monoisotopic (exact) mass is 218 g/mol. The summed E-state index contributed by atoms with van der Waals surface area (Å²) in [6.45, 7) is 0. The van der Waals surface area contributed by atoms with Crippen molar-refractivity contribution >= 4 is 29.7 Å². The van der Waals surface area contributed by atoms with E-state index in [2.05, 4.69) is 0 Å². The van der Waals surface area contributed by atoms with Gasteiger partial charge in [0.15, 0.2) is 0 Å². The minimum atomic E-state index is -0.627. The van der Waals surface area contributed by atoms with Gasteiger partial charge in [0.05, 0.1) is 6.21 Å². The lowest BCUT2D eigenvalue weighted by atomic mass is 10.1. The molecule has 1 N–H and O–H groups in total. The standard InChI is InChI=1S/C11H7ClN2O/c12-10-4-2-1-3-8(10)5-9(6-13)11(15)7-14/h1-5,7,14H. The molecule has 0 aliphatic rings. The van der Waals surface area contributed by atoms with Gasteiger partial charge in [-0.25, -0.2) is 0 Å². The summed E-state index contributed by atoms with van der Waals surface area (Å²) in [7, 11) is 0. The molecule has 0 unspecified atom stereocenters. The van der Waals surface area contributed by atoms with Crippen molar-refractivity contribution in [2.24, 2.45) is 0 Å². The number of halogens is 1. The summed E-state index contributed by atoms with van der Waals surface area (Å²) in [4.78, 5) is 11.1. The first-order chi connectivity index (χ1) is 7.19. The Kier molecular flexibility index (Phi) is 3.78. The quantitative estimate of drug-likeness (QED) is 0.481. The zero-order valence-corrected chi connectivity index (χ0v) is 8.45. The van der Waals surface area contributed by atoms with E-state index >= 15 is 0 Å². The van der Waals surface area contributed by atoms with Gasteiger partial charge in [-0.1, -0.05) is 29.8 Å². The maximum absolute atomic E-state index is 11.1. The molecule has 0 radical (unpaired) electrons. The van der Waals surface area contributed by atoms with Gasteiger partial charge in [-0.15, -0.1) is 0 Å². The van der Waals surface area contributed by atoms with Crippen LogP contribution in [0.3, 0.4) is 0 Å². The average molecular weight is 219 g/mol. The molecule has 0 spiro atoms. The highest BCUT2D eigenvalue weighted by molar-refractivity contribution is 6.37. The molecule has 4 heteroatoms. The minimum Gasteiger partial charge on any atom is -0.305 e. The Bertz CT molecular complexity index is 472. The zero-order chi connectivity index (χ0) is 11.3. The molecule has 15 heavy (non-hydrogen) atoms. The van der Waals surface area contributed by atoms with E-state index in [4.69, 9.17) is 22.3 Å². The van der Waals surface area contributed by atoms with Gasteiger partial charge in [0.25, 0.3) is 0 Å². The molecule has 0 saturated carbocycles. The number of allylic oxidation sites excluding steroid dienone is 1. The SMILES string of the molecule is N#CC(=Cc1ccccc1Cl)C(=O)C=N. The lowest BCUT2D eigenvalue weighted by Crippen LogP contribution is -2.00. The first-order valence-electron chi connectivity index (χ1n) is 4.10. The van der Waals surface area contributed by atoms with Crippen LogP contribution in [0.4, 0.5) is 0 Å². The van der Waals surface area contributed by atoms with E-state index in [0.29, 0.717) is 16.8 Å². The number of hydrogen-bond donors (Lipinski definition) is 1. The van der Waals surface area contributed by atoms with Crippen LogP contribution in [-0.4, -0.2) is 12.0 Å². The Hall–Kier alpha value is -1.92. The maximum atomic E-state index is 11.1. The summed E-state index contributed by atoms with van der Waals surface area (Å²) in [5.74, 6) is -0.627. The third kappa shape index (κ3) is 2.76. The van der Waals surface area contributed by atoms with Crippen molar-refractivity contribution in [3.8, 4) is 6.07 Å². The third-order valence-corrected chi connectivity index (χ3v) is 2.07. The summed E-state index contributed by atoms with van der Waals surface area (Å²) >= 11 is 5.85. The van der Waals surface area contributed by atoms with Crippen LogP contribution in [0.2, 0.25) is 5.02 Å². The van der Waals surface area contributed by atoms with Crippen molar-refractivity contribution in [1.82, 2.24) is 0 Å². The molecule has 3 nitrogen and oxygen atoms in total. The van der Waals surface area contributed by atoms with Crippen LogP contribution in [-0.2, 0) is 4.79 Å². The first-order valence-corrected chi connectivity index (χ1v) is 4.48. The molecule has 0 amide bonds. The number of Topliss-reactive ketones (excluding diaryl/α,β-unsaturated/α-hetero) is 1. The summed E-state index contributed by atoms with van der Waals surface area (Å²) in [5.41, 5.74) is 0.490. The van der Waals surface area contributed by atoms with E-state index in [1.807, 2.05) is 0 Å². The van der Waals surface area contributed by atoms with Gasteiger partial charge in [0.1, 0.15) is 11.6 Å². The Labute approximate surface area is 92.1 Å². The molecule has 1 rings (SSSR count). The number of carbonyl (C=O) groups excluding carboxylic acids is 1. The molecule has 0 heterocycles. The van der Waals surface area contributed by atoms with Crippen molar-refractivity contribution in [2.75, 3.05) is 0 Å². The van der Waals surface area contributed by atoms with Crippen molar-refractivity contribution < 1.29 is 4.79 Å². The number of hydrogen-bond acceptors (Lipinski definition) is 3. The summed E-state index contributed by atoms with van der Waals surface area (Å²) in [5, 5.41) is 15.9. The van der Waals surface area contributed by atoms with E-state index in [-0.39, 0.29) is 5.57 Å². The van der Waals surface area contributed by atoms with Gasteiger partial charge in [0.2, 0.25) is 5.78 Å². The van der Waals surface area contributed by atoms with Crippen LogP contribution >= 0.6 is 11.6 Å². The lowest BCUT2D eigenvalue weighted by molar-refractivity contribution is -0.109. The Morgan fingerprint density at radius 2 is 2.13 bits per heavy atom. The topological polar surface area (TPSA) is 64.7 Å². The van der Waals surface area contributed by atoms with E-state index in [0.717, 1.165) is 0 Å². The fraction of sp³-hybridized carbons (Fsp3) is 0. The summed E-state index contributed by atoms with van der Waals surface area (Å²) in [6, 6.07) is 8.59. The summed E-state index contributed by atoms with van der Waals surface area (Å²) in [6.07, 6.45) is 1.97. The van der Waals surface area contributed by atoms with Crippen LogP contribution < -0.4 is 0 Å². The largest absolute Gasteiger partial charge is 0.305 e. The maximum Gasteiger partial charge on any atom is 0.213 e. The highest BCUT2D eigenvalue weighted by Gasteiger charge is 2.06. The Morgan fingerprint density at radius 1 is 1.47 bits per heavy atom. The second-order valence-corrected chi connectivity index (χ2v) is 3.11. The third-order valence-electron chi connectivity index (χ3n) is 1.72. The molecule has 0 aliphatic heterocycles. The highest BCUT2D eigenvalue weighted by Crippen LogP contribution is 2.17. The fourth-order valence-corrected chi connectivity index (χ4v) is 1.17. The lowest BCUT2D eigenvalue weighted by Gasteiger charge is -1.97. The number of nitriles is 1. The van der Waals surface area contributed by atoms with Crippen molar-refractivity contribution in [2.45, 2.75) is 0 Å². The summed E-state index contributed by atoms with van der Waals surface area (Å²) < 4.78 is 0. The molecular weight excluding hydrogens is 212 g/mol. The number of ketones is 1. The smallest absolute Gasteiger partial charge is 0.213 e. The normalized spacial score (nSPS) is 10.5. The minimum absolute atomic E-state index is 0.0990. The Morgan fingerprint density at radius 3 is 2.67 bits per heavy atom. The molecular formula is C11H7ClN2O. The molecule has 0 aliphatic carbocycles. The van der Waals surface area contributed by atoms with Gasteiger partial charge in [-0.05, 0) is 17.7 Å². The van der Waals surface area contributed by atoms with Gasteiger partial charge >= 0.3 is 0 Å². The van der Waals surface area contributed by atoms with Crippen molar-refractivity contribution in [3.63, 3.8) is 0 Å². The Balaban J connectivity index is 3.16. The van der Waals surface area contributed by atoms with E-state index in [1.165, 1.54) is 6.08 Å². The predicted octanol–water partition coefficient (Wildman–Crippen LogP) is 2.47. The first kappa shape index (κ1) is 11.2. The zero-order valence-electron chi connectivity index (χ0n) is 7.70. The second-order valence-electron chi connectivity index (χ2n) is 2.70. The van der Waals surface area contributed by atoms with Crippen molar-refractivity contribution in [1.29, 1.82) is 10.7 Å².